The number of benzene rings is 4. The van der Waals surface area contributed by atoms with Crippen LogP contribution in [0.5, 0.6) is 0 Å². The molecule has 0 aliphatic heterocycles. The monoisotopic (exact) mass is 407 g/mol. The highest BCUT2D eigenvalue weighted by atomic mass is 32.1. The number of fused-ring (bicyclic) bond motifs is 2. The fourth-order valence-corrected chi connectivity index (χ4v) is 4.25. The van der Waals surface area contributed by atoms with Gasteiger partial charge >= 0.3 is 0 Å². The quantitative estimate of drug-likeness (QED) is 0.159. The van der Waals surface area contributed by atoms with E-state index in [0.29, 0.717) is 17.1 Å². The summed E-state index contributed by atoms with van der Waals surface area (Å²) in [6.45, 7) is 1.98. The summed E-state index contributed by atoms with van der Waals surface area (Å²) in [4.78, 5) is 2.36. The van der Waals surface area contributed by atoms with Crippen molar-refractivity contribution in [1.29, 1.82) is 0 Å². The van der Waals surface area contributed by atoms with Gasteiger partial charge in [0.1, 0.15) is 5.69 Å². The maximum absolute atomic E-state index is 6.21. The number of nitrogen functional groups attached to an aromatic ring is 1. The van der Waals surface area contributed by atoms with Gasteiger partial charge in [-0.25, -0.2) is 0 Å². The Morgan fingerprint density at radius 3 is 2.44 bits per heavy atom. The number of hydrogen-bond donors (Lipinski definition) is 4. The normalized spacial score (nSPS) is 11.7. The van der Waals surface area contributed by atoms with Crippen LogP contribution < -0.4 is 5.73 Å². The minimum Gasteiger partial charge on any atom is -0.398 e. The van der Waals surface area contributed by atoms with Crippen molar-refractivity contribution in [2.45, 2.75) is 21.6 Å². The van der Waals surface area contributed by atoms with Crippen molar-refractivity contribution in [2.75, 3.05) is 5.73 Å². The fourth-order valence-electron chi connectivity index (χ4n) is 3.30. The van der Waals surface area contributed by atoms with Gasteiger partial charge < -0.3 is 5.73 Å². The number of azo groups is 1. The topological polar surface area (TPSA) is 50.7 Å². The van der Waals surface area contributed by atoms with E-state index in [2.05, 4.69) is 48.1 Å². The van der Waals surface area contributed by atoms with Crippen LogP contribution in [0.25, 0.3) is 21.5 Å². The van der Waals surface area contributed by atoms with Gasteiger partial charge in [0.25, 0.3) is 0 Å². The minimum absolute atomic E-state index is 0.667. The first-order chi connectivity index (χ1) is 13.0. The van der Waals surface area contributed by atoms with E-state index in [-0.39, 0.29) is 0 Å². The van der Waals surface area contributed by atoms with Crippen LogP contribution in [-0.4, -0.2) is 0 Å². The molecular formula is C21H17N3S3. The summed E-state index contributed by atoms with van der Waals surface area (Å²) in [5.41, 5.74) is 9.23. The van der Waals surface area contributed by atoms with E-state index in [1.165, 1.54) is 0 Å². The van der Waals surface area contributed by atoms with Gasteiger partial charge in [0.2, 0.25) is 0 Å². The molecule has 0 saturated heterocycles. The van der Waals surface area contributed by atoms with Gasteiger partial charge in [0, 0.05) is 25.8 Å². The van der Waals surface area contributed by atoms with E-state index in [1.54, 1.807) is 0 Å². The highest BCUT2D eigenvalue weighted by Gasteiger charge is 2.12. The smallest absolute Gasteiger partial charge is 0.103 e. The molecule has 0 spiro atoms. The van der Waals surface area contributed by atoms with E-state index in [4.69, 9.17) is 5.73 Å². The predicted octanol–water partition coefficient (Wildman–Crippen LogP) is 7.17. The molecule has 3 nitrogen and oxygen atoms in total. The predicted molar refractivity (Wildman–Crippen MR) is 123 cm³/mol. The second-order valence-electron chi connectivity index (χ2n) is 6.36. The molecule has 0 bridgehead atoms. The second kappa shape index (κ2) is 7.11. The lowest BCUT2D eigenvalue weighted by Gasteiger charge is -2.11. The zero-order valence-electron chi connectivity index (χ0n) is 14.5. The molecule has 2 N–H and O–H groups in total. The largest absolute Gasteiger partial charge is 0.398 e. The zero-order valence-corrected chi connectivity index (χ0v) is 17.2. The lowest BCUT2D eigenvalue weighted by Crippen LogP contribution is -1.91. The van der Waals surface area contributed by atoms with E-state index in [1.807, 2.05) is 61.5 Å². The maximum Gasteiger partial charge on any atom is 0.103 e. The maximum atomic E-state index is 6.21. The van der Waals surface area contributed by atoms with E-state index < -0.39 is 0 Å². The Kier molecular flexibility index (Phi) is 4.80. The molecule has 0 aliphatic rings. The van der Waals surface area contributed by atoms with Crippen LogP contribution in [0.2, 0.25) is 0 Å². The molecule has 0 heterocycles. The zero-order chi connectivity index (χ0) is 19.1. The van der Waals surface area contributed by atoms with E-state index in [9.17, 15) is 0 Å². The van der Waals surface area contributed by atoms with Gasteiger partial charge in [-0.1, -0.05) is 30.3 Å². The molecule has 0 saturated carbocycles. The van der Waals surface area contributed by atoms with Crippen LogP contribution in [0.15, 0.2) is 79.5 Å². The number of aryl methyl sites for hydroxylation is 1. The number of nitrogens with zero attached hydrogens (tertiary/aromatic N) is 2. The molecule has 4 aromatic rings. The number of thiol groups is 3. The number of hydrogen-bond acceptors (Lipinski definition) is 6. The Hall–Kier alpha value is -2.15. The number of anilines is 1. The third-order valence-corrected chi connectivity index (χ3v) is 5.66. The van der Waals surface area contributed by atoms with Gasteiger partial charge in [0.15, 0.2) is 0 Å². The Balaban J connectivity index is 1.85. The van der Waals surface area contributed by atoms with E-state index in [0.717, 1.165) is 41.8 Å². The molecule has 0 radical (unpaired) electrons. The summed E-state index contributed by atoms with van der Waals surface area (Å²) in [7, 11) is 0. The Morgan fingerprint density at radius 1 is 0.852 bits per heavy atom. The average Bonchev–Trinajstić information content (AvgIpc) is 2.62. The second-order valence-corrected chi connectivity index (χ2v) is 7.80. The van der Waals surface area contributed by atoms with Gasteiger partial charge in [-0.05, 0) is 52.9 Å². The van der Waals surface area contributed by atoms with Crippen molar-refractivity contribution in [1.82, 2.24) is 0 Å². The third kappa shape index (κ3) is 3.29. The summed E-state index contributed by atoms with van der Waals surface area (Å²) >= 11 is 13.7. The van der Waals surface area contributed by atoms with Crippen LogP contribution in [-0.2, 0) is 0 Å². The van der Waals surface area contributed by atoms with Gasteiger partial charge in [-0.3, -0.25) is 0 Å². The van der Waals surface area contributed by atoms with Gasteiger partial charge in [0.05, 0.1) is 5.69 Å². The number of rotatable bonds is 2. The highest BCUT2D eigenvalue weighted by molar-refractivity contribution is 7.81. The molecule has 0 aromatic heterocycles. The standard InChI is InChI=1S/C21H17N3S3/c1-11-19-13(8-14(25)10-16(19)22)9-18(26)20(11)24-23-17-7-6-12-4-2-3-5-15(12)21(17)27/h2-10,25-27H,22H2,1H3. The molecule has 0 amide bonds. The van der Waals surface area contributed by atoms with Crippen LogP contribution in [0.4, 0.5) is 17.1 Å². The van der Waals surface area contributed by atoms with Crippen molar-refractivity contribution < 1.29 is 0 Å². The molecule has 0 aliphatic carbocycles. The SMILES string of the molecule is Cc1c(N=Nc2ccc3ccccc3c2S)c(S)cc2cc(S)cc(N)c12. The first-order valence-corrected chi connectivity index (χ1v) is 9.67. The van der Waals surface area contributed by atoms with Crippen LogP contribution in [0.3, 0.4) is 0 Å². The lowest BCUT2D eigenvalue weighted by atomic mass is 10.0. The Labute approximate surface area is 173 Å². The van der Waals surface area contributed by atoms with Crippen molar-refractivity contribution in [3.8, 4) is 0 Å². The molecule has 6 heteroatoms. The van der Waals surface area contributed by atoms with Gasteiger partial charge in [-0.15, -0.1) is 48.1 Å². The lowest BCUT2D eigenvalue weighted by molar-refractivity contribution is 1.16. The summed E-state index contributed by atoms with van der Waals surface area (Å²) < 4.78 is 0. The summed E-state index contributed by atoms with van der Waals surface area (Å²) in [6.07, 6.45) is 0. The fraction of sp³-hybridized carbons (Fsp3) is 0.0476. The molecule has 0 fully saturated rings. The highest BCUT2D eigenvalue weighted by Crippen LogP contribution is 2.39. The Morgan fingerprint density at radius 2 is 1.63 bits per heavy atom. The molecule has 0 unspecified atom stereocenters. The molecule has 4 rings (SSSR count). The summed E-state index contributed by atoms with van der Waals surface area (Å²) in [6, 6.07) is 17.8. The van der Waals surface area contributed by atoms with Gasteiger partial charge in [-0.2, -0.15) is 0 Å². The number of nitrogens with two attached hydrogens (primary N) is 1. The van der Waals surface area contributed by atoms with Crippen molar-refractivity contribution in [3.63, 3.8) is 0 Å². The van der Waals surface area contributed by atoms with Crippen molar-refractivity contribution in [3.05, 3.63) is 60.2 Å². The Bertz CT molecular complexity index is 1230. The molecule has 134 valence electrons. The molecule has 27 heavy (non-hydrogen) atoms. The van der Waals surface area contributed by atoms with E-state index >= 15 is 0 Å². The van der Waals surface area contributed by atoms with Crippen LogP contribution >= 0.6 is 37.9 Å². The van der Waals surface area contributed by atoms with Crippen molar-refractivity contribution >= 4 is 76.5 Å². The molecule has 4 aromatic carbocycles. The first kappa shape index (κ1) is 18.2. The first-order valence-electron chi connectivity index (χ1n) is 8.33. The summed E-state index contributed by atoms with van der Waals surface area (Å²) in [5, 5.41) is 13.0. The summed E-state index contributed by atoms with van der Waals surface area (Å²) in [5.74, 6) is 0. The van der Waals surface area contributed by atoms with Crippen molar-refractivity contribution in [2.24, 2.45) is 10.2 Å². The molecule has 0 atom stereocenters. The third-order valence-electron chi connectivity index (χ3n) is 4.59. The minimum atomic E-state index is 0.667. The van der Waals surface area contributed by atoms with Crippen LogP contribution in [0.1, 0.15) is 5.56 Å². The average molecular weight is 408 g/mol. The molecular weight excluding hydrogens is 390 g/mol. The van der Waals surface area contributed by atoms with Crippen LogP contribution in [0, 0.1) is 6.92 Å².